The van der Waals surface area contributed by atoms with E-state index in [1.54, 1.807) is 0 Å². The van der Waals surface area contributed by atoms with Crippen molar-refractivity contribution in [1.29, 1.82) is 0 Å². The number of azide groups is 1. The van der Waals surface area contributed by atoms with Crippen LogP contribution in [0.15, 0.2) is 5.11 Å². The Hall–Kier alpha value is -0.930. The minimum absolute atomic E-state index is 0.207. The van der Waals surface area contributed by atoms with E-state index in [0.717, 1.165) is 0 Å². The molecule has 1 aliphatic heterocycles. The molecule has 0 spiro atoms. The van der Waals surface area contributed by atoms with Crippen molar-refractivity contribution < 1.29 is 25.2 Å². The van der Waals surface area contributed by atoms with Gasteiger partial charge in [0.15, 0.2) is 6.29 Å². The molecule has 0 aromatic rings. The molecule has 104 valence electrons. The minimum Gasteiger partial charge on any atom is -0.388 e. The van der Waals surface area contributed by atoms with Crippen molar-refractivity contribution in [1.82, 2.24) is 5.32 Å². The zero-order valence-corrected chi connectivity index (χ0v) is 9.75. The van der Waals surface area contributed by atoms with Gasteiger partial charge in [-0.2, -0.15) is 0 Å². The highest BCUT2D eigenvalue weighted by Gasteiger charge is 2.42. The van der Waals surface area contributed by atoms with Crippen molar-refractivity contribution in [2.75, 3.05) is 19.6 Å². The third-order valence-corrected chi connectivity index (χ3v) is 2.71. The van der Waals surface area contributed by atoms with Crippen LogP contribution >= 0.6 is 0 Å². The highest BCUT2D eigenvalue weighted by atomic mass is 16.6. The third-order valence-electron chi connectivity index (χ3n) is 2.71. The maximum absolute atomic E-state index is 9.61. The molecule has 18 heavy (non-hydrogen) atoms. The average Bonchev–Trinajstić information content (AvgIpc) is 2.37. The Kier molecular flexibility index (Phi) is 6.30. The first-order chi connectivity index (χ1) is 8.57. The van der Waals surface area contributed by atoms with E-state index in [1.165, 1.54) is 0 Å². The zero-order valence-electron chi connectivity index (χ0n) is 9.75. The number of hydrogen-bond acceptors (Lipinski definition) is 7. The molecule has 1 saturated heterocycles. The van der Waals surface area contributed by atoms with Gasteiger partial charge in [0.2, 0.25) is 0 Å². The van der Waals surface area contributed by atoms with Gasteiger partial charge in [-0.25, -0.2) is 0 Å². The lowest BCUT2D eigenvalue weighted by Gasteiger charge is -2.38. The van der Waals surface area contributed by atoms with Gasteiger partial charge in [0, 0.05) is 18.0 Å². The lowest BCUT2D eigenvalue weighted by Crippen LogP contribution is -2.59. The zero-order chi connectivity index (χ0) is 13.5. The van der Waals surface area contributed by atoms with Crippen LogP contribution in [0, 0.1) is 0 Å². The fourth-order valence-corrected chi connectivity index (χ4v) is 1.66. The average molecular weight is 262 g/mol. The summed E-state index contributed by atoms with van der Waals surface area (Å²) in [6.45, 7) is 1.11. The van der Waals surface area contributed by atoms with Gasteiger partial charge in [0.05, 0.1) is 0 Å². The predicted molar refractivity (Wildman–Crippen MR) is 60.4 cm³/mol. The molecule has 0 amide bonds. The van der Waals surface area contributed by atoms with E-state index in [1.807, 2.05) is 0 Å². The topological polar surface area (TPSA) is 151 Å². The Morgan fingerprint density at radius 1 is 1.17 bits per heavy atom. The molecule has 9 nitrogen and oxygen atoms in total. The number of ether oxygens (including phenoxy) is 1. The van der Waals surface area contributed by atoms with Crippen LogP contribution in [0.25, 0.3) is 10.4 Å². The van der Waals surface area contributed by atoms with Gasteiger partial charge >= 0.3 is 0 Å². The summed E-state index contributed by atoms with van der Waals surface area (Å²) >= 11 is 0. The molecule has 5 N–H and O–H groups in total. The molecular formula is C9H18N4O5. The van der Waals surface area contributed by atoms with Gasteiger partial charge in [0.1, 0.15) is 24.4 Å². The number of aliphatic hydroxyl groups is 4. The van der Waals surface area contributed by atoms with Gasteiger partial charge < -0.3 is 30.5 Å². The summed E-state index contributed by atoms with van der Waals surface area (Å²) in [6.07, 6.45) is -5.92. The maximum Gasteiger partial charge on any atom is 0.184 e. The molecule has 0 aliphatic carbocycles. The Morgan fingerprint density at radius 3 is 2.56 bits per heavy atom. The van der Waals surface area contributed by atoms with Crippen LogP contribution in [0.2, 0.25) is 0 Å². The Labute approximate surface area is 104 Å². The first-order valence-electron chi connectivity index (χ1n) is 5.67. The highest BCUT2D eigenvalue weighted by molar-refractivity contribution is 4.89. The largest absolute Gasteiger partial charge is 0.388 e. The highest BCUT2D eigenvalue weighted by Crippen LogP contribution is 2.19. The van der Waals surface area contributed by atoms with Gasteiger partial charge in [-0.1, -0.05) is 5.11 Å². The van der Waals surface area contributed by atoms with Gasteiger partial charge in [0.25, 0.3) is 0 Å². The van der Waals surface area contributed by atoms with E-state index in [4.69, 9.17) is 10.3 Å². The van der Waals surface area contributed by atoms with Crippen LogP contribution in [0.4, 0.5) is 0 Å². The number of nitrogens with one attached hydrogen (secondary N) is 1. The van der Waals surface area contributed by atoms with E-state index in [-0.39, 0.29) is 6.54 Å². The molecule has 1 fully saturated rings. The molecule has 2 unspecified atom stereocenters. The van der Waals surface area contributed by atoms with Gasteiger partial charge in [-0.3, -0.25) is 0 Å². The summed E-state index contributed by atoms with van der Waals surface area (Å²) < 4.78 is 4.96. The number of rotatable bonds is 6. The molecule has 9 heteroatoms. The summed E-state index contributed by atoms with van der Waals surface area (Å²) in [5, 5.41) is 43.9. The standard InChI is InChI=1S/C9H18N4O5/c10-13-12-3-1-2-11-4-5-6(14)7(15)8(16)9(17)18-5/h5-9,11,14-17H,1-4H2/t5?,6-,7-,8?,9+/m0/s1. The fourth-order valence-electron chi connectivity index (χ4n) is 1.66. The van der Waals surface area contributed by atoms with Crippen molar-refractivity contribution in [3.8, 4) is 0 Å². The second kappa shape index (κ2) is 7.49. The minimum atomic E-state index is -1.52. The van der Waals surface area contributed by atoms with Crippen LogP contribution < -0.4 is 5.32 Å². The summed E-state index contributed by atoms with van der Waals surface area (Å²) in [6, 6.07) is 0. The molecule has 5 atom stereocenters. The van der Waals surface area contributed by atoms with Crippen LogP contribution in [0.1, 0.15) is 6.42 Å². The van der Waals surface area contributed by atoms with Crippen molar-refractivity contribution in [2.24, 2.45) is 5.11 Å². The third kappa shape index (κ3) is 4.07. The van der Waals surface area contributed by atoms with Crippen LogP contribution in [-0.4, -0.2) is 70.8 Å². The van der Waals surface area contributed by atoms with Crippen LogP contribution in [-0.2, 0) is 4.74 Å². The number of hydrogen-bond donors (Lipinski definition) is 5. The Balaban J connectivity index is 2.27. The summed E-state index contributed by atoms with van der Waals surface area (Å²) in [5.41, 5.74) is 8.05. The summed E-state index contributed by atoms with van der Waals surface area (Å²) in [5.74, 6) is 0. The molecule has 0 bridgehead atoms. The van der Waals surface area contributed by atoms with E-state index >= 15 is 0 Å². The molecular weight excluding hydrogens is 244 g/mol. The van der Waals surface area contributed by atoms with E-state index in [0.29, 0.717) is 19.5 Å². The fraction of sp³-hybridized carbons (Fsp3) is 1.00. The lowest BCUT2D eigenvalue weighted by atomic mass is 9.99. The molecule has 0 radical (unpaired) electrons. The summed E-state index contributed by atoms with van der Waals surface area (Å²) in [4.78, 5) is 2.60. The number of nitrogens with zero attached hydrogens (tertiary/aromatic N) is 3. The number of aliphatic hydroxyl groups excluding tert-OH is 4. The SMILES string of the molecule is [N-]=[N+]=NCCCNCC1O[C@@H](O)C(O)[C@@H](O)[C@H]1O. The van der Waals surface area contributed by atoms with Crippen molar-refractivity contribution in [3.05, 3.63) is 10.4 Å². The predicted octanol–water partition coefficient (Wildman–Crippen LogP) is -1.92. The monoisotopic (exact) mass is 262 g/mol. The van der Waals surface area contributed by atoms with Crippen molar-refractivity contribution in [3.63, 3.8) is 0 Å². The smallest absolute Gasteiger partial charge is 0.184 e. The second-order valence-electron chi connectivity index (χ2n) is 4.05. The lowest BCUT2D eigenvalue weighted by molar-refractivity contribution is -0.280. The second-order valence-corrected chi connectivity index (χ2v) is 4.05. The van der Waals surface area contributed by atoms with E-state index in [2.05, 4.69) is 15.3 Å². The van der Waals surface area contributed by atoms with Crippen LogP contribution in [0.5, 0.6) is 0 Å². The molecule has 0 saturated carbocycles. The normalized spacial score (nSPS) is 36.1. The van der Waals surface area contributed by atoms with Crippen LogP contribution in [0.3, 0.4) is 0 Å². The Bertz CT molecular complexity index is 299. The maximum atomic E-state index is 9.61. The quantitative estimate of drug-likeness (QED) is 0.163. The molecule has 0 aromatic carbocycles. The van der Waals surface area contributed by atoms with E-state index < -0.39 is 30.7 Å². The van der Waals surface area contributed by atoms with Crippen molar-refractivity contribution >= 4 is 0 Å². The first-order valence-corrected chi connectivity index (χ1v) is 5.67. The molecule has 0 aromatic heterocycles. The first kappa shape index (κ1) is 15.1. The molecule has 1 rings (SSSR count). The molecule has 1 aliphatic rings. The molecule has 1 heterocycles. The summed E-state index contributed by atoms with van der Waals surface area (Å²) in [7, 11) is 0. The van der Waals surface area contributed by atoms with E-state index in [9.17, 15) is 20.4 Å². The van der Waals surface area contributed by atoms with Crippen molar-refractivity contribution in [2.45, 2.75) is 37.1 Å². The Morgan fingerprint density at radius 2 is 1.89 bits per heavy atom. The van der Waals surface area contributed by atoms with Gasteiger partial charge in [-0.05, 0) is 18.5 Å². The van der Waals surface area contributed by atoms with Gasteiger partial charge in [-0.15, -0.1) is 0 Å².